The van der Waals surface area contributed by atoms with Crippen molar-refractivity contribution in [3.05, 3.63) is 28.3 Å². The van der Waals surface area contributed by atoms with E-state index in [4.69, 9.17) is 4.74 Å². The smallest absolute Gasteiger partial charge is 0.333 e. The minimum absolute atomic E-state index is 0.0269. The minimum atomic E-state index is -0.388. The number of anilines is 1. The molecule has 0 amide bonds. The quantitative estimate of drug-likeness (QED) is 0.658. The van der Waals surface area contributed by atoms with E-state index in [2.05, 4.69) is 12.2 Å². The number of benzene rings is 1. The van der Waals surface area contributed by atoms with Crippen LogP contribution < -0.4 is 10.1 Å². The Labute approximate surface area is 106 Å². The van der Waals surface area contributed by atoms with Crippen LogP contribution in [0, 0.1) is 16.0 Å². The van der Waals surface area contributed by atoms with Gasteiger partial charge in [-0.25, -0.2) is 0 Å². The monoisotopic (exact) mass is 250 g/mol. The predicted octanol–water partition coefficient (Wildman–Crippen LogP) is 3.20. The van der Waals surface area contributed by atoms with Crippen LogP contribution in [0.4, 0.5) is 11.4 Å². The van der Waals surface area contributed by atoms with Crippen molar-refractivity contribution in [2.24, 2.45) is 5.92 Å². The Morgan fingerprint density at radius 1 is 1.44 bits per heavy atom. The summed E-state index contributed by atoms with van der Waals surface area (Å²) in [5.74, 6) is 0.853. The van der Waals surface area contributed by atoms with Crippen LogP contribution >= 0.6 is 0 Å². The molecule has 2 atom stereocenters. The highest BCUT2D eigenvalue weighted by Gasteiger charge is 2.27. The lowest BCUT2D eigenvalue weighted by Crippen LogP contribution is -2.22. The molecule has 0 aliphatic heterocycles. The first-order chi connectivity index (χ1) is 8.63. The number of rotatable bonds is 4. The fourth-order valence-corrected chi connectivity index (χ4v) is 2.55. The summed E-state index contributed by atoms with van der Waals surface area (Å²) in [5, 5.41) is 14.4. The fourth-order valence-electron chi connectivity index (χ4n) is 2.55. The van der Waals surface area contributed by atoms with Gasteiger partial charge in [0.05, 0.1) is 12.0 Å². The Morgan fingerprint density at radius 2 is 2.22 bits per heavy atom. The summed E-state index contributed by atoms with van der Waals surface area (Å²) >= 11 is 0. The number of nitro groups is 1. The molecule has 98 valence electrons. The van der Waals surface area contributed by atoms with Crippen LogP contribution in [0.15, 0.2) is 18.2 Å². The summed E-state index contributed by atoms with van der Waals surface area (Å²) in [7, 11) is 1.45. The van der Waals surface area contributed by atoms with Crippen LogP contribution in [-0.2, 0) is 0 Å². The number of nitrogens with zero attached hydrogens (tertiary/aromatic N) is 1. The van der Waals surface area contributed by atoms with Crippen molar-refractivity contribution in [2.75, 3.05) is 12.4 Å². The first-order valence-corrected chi connectivity index (χ1v) is 6.21. The molecule has 1 aliphatic carbocycles. The Bertz CT molecular complexity index is 448. The topological polar surface area (TPSA) is 64.4 Å². The summed E-state index contributed by atoms with van der Waals surface area (Å²) in [6, 6.07) is 5.44. The summed E-state index contributed by atoms with van der Waals surface area (Å²) in [6.45, 7) is 2.18. The van der Waals surface area contributed by atoms with Crippen molar-refractivity contribution in [3.8, 4) is 5.75 Å². The van der Waals surface area contributed by atoms with Gasteiger partial charge in [0.2, 0.25) is 0 Å². The van der Waals surface area contributed by atoms with Crippen molar-refractivity contribution in [1.29, 1.82) is 0 Å². The molecule has 0 aromatic heterocycles. The van der Waals surface area contributed by atoms with E-state index in [0.29, 0.717) is 23.4 Å². The molecule has 2 rings (SSSR count). The van der Waals surface area contributed by atoms with E-state index in [1.807, 2.05) is 0 Å². The van der Waals surface area contributed by atoms with Crippen LogP contribution in [0.1, 0.15) is 26.2 Å². The van der Waals surface area contributed by atoms with Gasteiger partial charge in [0.15, 0.2) is 5.75 Å². The first kappa shape index (κ1) is 12.7. The van der Waals surface area contributed by atoms with Crippen LogP contribution in [0.25, 0.3) is 0 Å². The van der Waals surface area contributed by atoms with E-state index >= 15 is 0 Å². The van der Waals surface area contributed by atoms with Gasteiger partial charge in [-0.05, 0) is 30.9 Å². The van der Waals surface area contributed by atoms with Gasteiger partial charge in [-0.1, -0.05) is 19.4 Å². The summed E-state index contributed by atoms with van der Waals surface area (Å²) < 4.78 is 5.06. The molecular weight excluding hydrogens is 232 g/mol. The zero-order chi connectivity index (χ0) is 13.1. The molecule has 0 bridgehead atoms. The number of hydrogen-bond donors (Lipinski definition) is 1. The molecule has 1 aromatic carbocycles. The highest BCUT2D eigenvalue weighted by atomic mass is 16.6. The second-order valence-electron chi connectivity index (χ2n) is 4.77. The van der Waals surface area contributed by atoms with E-state index in [0.717, 1.165) is 6.42 Å². The van der Waals surface area contributed by atoms with E-state index < -0.39 is 0 Å². The van der Waals surface area contributed by atoms with Crippen molar-refractivity contribution in [3.63, 3.8) is 0 Å². The minimum Gasteiger partial charge on any atom is -0.490 e. The third-order valence-electron chi connectivity index (χ3n) is 3.60. The average Bonchev–Trinajstić information content (AvgIpc) is 2.74. The standard InChI is InChI=1S/C13H18N2O3/c1-9-5-3-6-10(9)14-11-7-4-8-12(18-2)13(11)15(16)17/h4,7-10,14H,3,5-6H2,1-2H3. The van der Waals surface area contributed by atoms with Crippen molar-refractivity contribution >= 4 is 11.4 Å². The zero-order valence-electron chi connectivity index (χ0n) is 10.7. The van der Waals surface area contributed by atoms with Crippen molar-refractivity contribution in [1.82, 2.24) is 0 Å². The SMILES string of the molecule is COc1cccc(NC2CCCC2C)c1[N+](=O)[O-]. The lowest BCUT2D eigenvalue weighted by molar-refractivity contribution is -0.384. The van der Waals surface area contributed by atoms with Crippen molar-refractivity contribution in [2.45, 2.75) is 32.2 Å². The van der Waals surface area contributed by atoms with Crippen LogP contribution in [0.3, 0.4) is 0 Å². The average molecular weight is 250 g/mol. The van der Waals surface area contributed by atoms with Crippen LogP contribution in [0.2, 0.25) is 0 Å². The molecule has 1 N–H and O–H groups in total. The number of hydrogen-bond acceptors (Lipinski definition) is 4. The van der Waals surface area contributed by atoms with Crippen molar-refractivity contribution < 1.29 is 9.66 Å². The molecular formula is C13H18N2O3. The predicted molar refractivity (Wildman–Crippen MR) is 70.1 cm³/mol. The molecule has 0 heterocycles. The number of ether oxygens (including phenoxy) is 1. The first-order valence-electron chi connectivity index (χ1n) is 6.21. The number of nitro benzene ring substituents is 1. The highest BCUT2D eigenvalue weighted by Crippen LogP contribution is 2.37. The Kier molecular flexibility index (Phi) is 3.69. The molecule has 0 saturated heterocycles. The molecule has 1 aromatic rings. The van der Waals surface area contributed by atoms with E-state index in [1.54, 1.807) is 18.2 Å². The van der Waals surface area contributed by atoms with Gasteiger partial charge >= 0.3 is 5.69 Å². The van der Waals surface area contributed by atoms with Gasteiger partial charge in [-0.2, -0.15) is 0 Å². The molecule has 5 nitrogen and oxygen atoms in total. The molecule has 0 radical (unpaired) electrons. The second kappa shape index (κ2) is 5.25. The lowest BCUT2D eigenvalue weighted by atomic mass is 10.1. The third kappa shape index (κ3) is 2.39. The summed E-state index contributed by atoms with van der Waals surface area (Å²) in [4.78, 5) is 10.8. The maximum Gasteiger partial charge on any atom is 0.333 e. The van der Waals surface area contributed by atoms with Gasteiger partial charge in [0.1, 0.15) is 5.69 Å². The van der Waals surface area contributed by atoms with Gasteiger partial charge in [-0.3, -0.25) is 10.1 Å². The van der Waals surface area contributed by atoms with E-state index in [9.17, 15) is 10.1 Å². The molecule has 1 saturated carbocycles. The van der Waals surface area contributed by atoms with Crippen LogP contribution in [0.5, 0.6) is 5.75 Å². The third-order valence-corrected chi connectivity index (χ3v) is 3.60. The van der Waals surface area contributed by atoms with Gasteiger partial charge < -0.3 is 10.1 Å². The summed E-state index contributed by atoms with van der Waals surface area (Å²) in [6.07, 6.45) is 3.42. The zero-order valence-corrected chi connectivity index (χ0v) is 10.7. The molecule has 2 unspecified atom stereocenters. The lowest BCUT2D eigenvalue weighted by Gasteiger charge is -2.19. The van der Waals surface area contributed by atoms with E-state index in [-0.39, 0.29) is 10.6 Å². The molecule has 18 heavy (non-hydrogen) atoms. The Balaban J connectivity index is 2.29. The largest absolute Gasteiger partial charge is 0.490 e. The Morgan fingerprint density at radius 3 is 2.78 bits per heavy atom. The molecule has 5 heteroatoms. The maximum absolute atomic E-state index is 11.1. The highest BCUT2D eigenvalue weighted by molar-refractivity contribution is 5.68. The van der Waals surface area contributed by atoms with E-state index in [1.165, 1.54) is 20.0 Å². The van der Waals surface area contributed by atoms with Gasteiger partial charge in [0.25, 0.3) is 0 Å². The fraction of sp³-hybridized carbons (Fsp3) is 0.538. The molecule has 1 aliphatic rings. The number of nitrogens with one attached hydrogen (secondary N) is 1. The second-order valence-corrected chi connectivity index (χ2v) is 4.77. The maximum atomic E-state index is 11.1. The van der Waals surface area contributed by atoms with Gasteiger partial charge in [-0.15, -0.1) is 0 Å². The summed E-state index contributed by atoms with van der Waals surface area (Å²) in [5.41, 5.74) is 0.581. The number of para-hydroxylation sites is 1. The van der Waals surface area contributed by atoms with Crippen LogP contribution in [-0.4, -0.2) is 18.1 Å². The normalized spacial score (nSPS) is 22.8. The molecule has 0 spiro atoms. The Hall–Kier alpha value is -1.78. The molecule has 1 fully saturated rings. The number of methoxy groups -OCH3 is 1. The van der Waals surface area contributed by atoms with Gasteiger partial charge in [0, 0.05) is 6.04 Å².